The molecule has 0 bridgehead atoms. The van der Waals surface area contributed by atoms with Crippen molar-refractivity contribution in [2.24, 2.45) is 0 Å². The van der Waals surface area contributed by atoms with Crippen LogP contribution in [0.1, 0.15) is 0 Å². The van der Waals surface area contributed by atoms with Crippen molar-refractivity contribution < 1.29 is 13.2 Å². The second-order valence-corrected chi connectivity index (χ2v) is 10.2. The third-order valence-electron chi connectivity index (χ3n) is 2.87. The molecule has 0 unspecified atom stereocenters. The summed E-state index contributed by atoms with van der Waals surface area (Å²) in [6, 6.07) is 6.45. The molecule has 5 nitrogen and oxygen atoms in total. The number of rotatable bonds is 7. The molecule has 0 saturated heterocycles. The van der Waals surface area contributed by atoms with Crippen molar-refractivity contribution in [2.45, 2.75) is 4.21 Å². The predicted molar refractivity (Wildman–Crippen MR) is 108 cm³/mol. The summed E-state index contributed by atoms with van der Waals surface area (Å²) < 4.78 is 34.2. The lowest BCUT2D eigenvalue weighted by Gasteiger charge is -2.13. The number of hydrogen-bond donors (Lipinski definition) is 1. The van der Waals surface area contributed by atoms with Gasteiger partial charge in [-0.3, -0.25) is 4.72 Å². The van der Waals surface area contributed by atoms with E-state index in [1.165, 1.54) is 6.07 Å². The molecule has 1 heterocycles. The number of nitrogens with one attached hydrogen (secondary N) is 1. The summed E-state index contributed by atoms with van der Waals surface area (Å²) in [6.07, 6.45) is 0. The minimum atomic E-state index is -3.75. The van der Waals surface area contributed by atoms with E-state index in [0.717, 1.165) is 21.5 Å². The Hall–Kier alpha value is -0.260. The lowest BCUT2D eigenvalue weighted by atomic mass is 10.3. The van der Waals surface area contributed by atoms with Crippen molar-refractivity contribution in [3.8, 4) is 5.75 Å². The number of benzene rings is 1. The van der Waals surface area contributed by atoms with Gasteiger partial charge in [-0.05, 0) is 54.9 Å². The van der Waals surface area contributed by atoms with Crippen LogP contribution in [-0.2, 0) is 10.0 Å². The second-order valence-electron chi connectivity index (χ2n) is 5.09. The smallest absolute Gasteiger partial charge is 0.271 e. The van der Waals surface area contributed by atoms with Gasteiger partial charge < -0.3 is 9.64 Å². The molecule has 0 amide bonds. The fourth-order valence-corrected chi connectivity index (χ4v) is 5.10. The Morgan fingerprint density at radius 1 is 1.29 bits per heavy atom. The van der Waals surface area contributed by atoms with E-state index in [2.05, 4.69) is 27.3 Å². The van der Waals surface area contributed by atoms with E-state index in [0.29, 0.717) is 18.0 Å². The van der Waals surface area contributed by atoms with Gasteiger partial charge in [-0.1, -0.05) is 23.2 Å². The van der Waals surface area contributed by atoms with Crippen LogP contribution in [0.3, 0.4) is 0 Å². The van der Waals surface area contributed by atoms with E-state index < -0.39 is 10.0 Å². The first kappa shape index (κ1) is 20.1. The first-order chi connectivity index (χ1) is 11.2. The second kappa shape index (κ2) is 8.41. The number of likely N-dealkylation sites (N-methyl/N-ethyl adjacent to an activating group) is 1. The predicted octanol–water partition coefficient (Wildman–Crippen LogP) is 4.40. The molecule has 0 saturated carbocycles. The molecule has 1 aromatic carbocycles. The fourth-order valence-electron chi connectivity index (χ4n) is 1.68. The lowest BCUT2D eigenvalue weighted by Crippen LogP contribution is -2.19. The largest absolute Gasteiger partial charge is 0.491 e. The van der Waals surface area contributed by atoms with Crippen molar-refractivity contribution in [3.63, 3.8) is 0 Å². The normalized spacial score (nSPS) is 11.8. The Kier molecular flexibility index (Phi) is 7.03. The minimum Gasteiger partial charge on any atom is -0.491 e. The first-order valence-corrected chi connectivity index (χ1v) is 10.9. The van der Waals surface area contributed by atoms with Gasteiger partial charge in [-0.15, -0.1) is 11.3 Å². The van der Waals surface area contributed by atoms with E-state index >= 15 is 0 Å². The molecule has 0 atom stereocenters. The molecule has 0 fully saturated rings. The van der Waals surface area contributed by atoms with Crippen LogP contribution < -0.4 is 9.46 Å². The molecule has 0 aliphatic carbocycles. The van der Waals surface area contributed by atoms with Gasteiger partial charge in [0.05, 0.1) is 14.3 Å². The highest BCUT2D eigenvalue weighted by atomic mass is 127. The van der Waals surface area contributed by atoms with Crippen LogP contribution in [-0.4, -0.2) is 40.6 Å². The lowest BCUT2D eigenvalue weighted by molar-refractivity contribution is 0.260. The number of hydrogen-bond acceptors (Lipinski definition) is 5. The molecule has 132 valence electrons. The maximum Gasteiger partial charge on any atom is 0.271 e. The van der Waals surface area contributed by atoms with E-state index in [9.17, 15) is 8.42 Å². The van der Waals surface area contributed by atoms with E-state index in [-0.39, 0.29) is 13.6 Å². The van der Waals surface area contributed by atoms with E-state index in [1.54, 1.807) is 18.2 Å². The Labute approximate surface area is 169 Å². The molecule has 1 N–H and O–H groups in total. The number of ether oxygens (including phenoxy) is 1. The summed E-state index contributed by atoms with van der Waals surface area (Å²) in [5.74, 6) is 0.625. The minimum absolute atomic E-state index is 0.0612. The molecule has 2 rings (SSSR count). The monoisotopic (exact) mass is 520 g/mol. The Morgan fingerprint density at radius 2 is 2.00 bits per heavy atom. The summed E-state index contributed by atoms with van der Waals surface area (Å²) in [6.45, 7) is 1.27. The third-order valence-corrected chi connectivity index (χ3v) is 7.48. The maximum absolute atomic E-state index is 12.4. The molecular formula is C14H15Cl2IN2O3S2. The summed E-state index contributed by atoms with van der Waals surface area (Å²) in [5, 5.41) is 0.220. The van der Waals surface area contributed by atoms with Crippen LogP contribution in [0.2, 0.25) is 9.36 Å². The SMILES string of the molecule is CN(C)CCOc1cc(NS(=O)(=O)c2cc(Cl)c(Cl)s2)ccc1I. The molecule has 1 aromatic heterocycles. The average Bonchev–Trinajstić information content (AvgIpc) is 2.82. The van der Waals surface area contributed by atoms with Crippen LogP contribution in [0.4, 0.5) is 5.69 Å². The van der Waals surface area contributed by atoms with E-state index in [1.807, 2.05) is 19.0 Å². The van der Waals surface area contributed by atoms with Gasteiger partial charge in [0.1, 0.15) is 20.9 Å². The van der Waals surface area contributed by atoms with Gasteiger partial charge in [-0.25, -0.2) is 8.42 Å². The van der Waals surface area contributed by atoms with Crippen LogP contribution in [0.15, 0.2) is 28.5 Å². The molecule has 0 aliphatic rings. The van der Waals surface area contributed by atoms with Crippen LogP contribution >= 0.6 is 57.1 Å². The molecular weight excluding hydrogens is 506 g/mol. The van der Waals surface area contributed by atoms with E-state index in [4.69, 9.17) is 27.9 Å². The zero-order valence-electron chi connectivity index (χ0n) is 12.8. The highest BCUT2D eigenvalue weighted by molar-refractivity contribution is 14.1. The van der Waals surface area contributed by atoms with Gasteiger partial charge in [0.2, 0.25) is 0 Å². The highest BCUT2D eigenvalue weighted by Crippen LogP contribution is 2.35. The highest BCUT2D eigenvalue weighted by Gasteiger charge is 2.20. The van der Waals surface area contributed by atoms with Crippen LogP contribution in [0.5, 0.6) is 5.75 Å². The molecule has 0 radical (unpaired) electrons. The number of sulfonamides is 1. The van der Waals surface area contributed by atoms with Gasteiger partial charge in [0, 0.05) is 12.6 Å². The summed E-state index contributed by atoms with van der Waals surface area (Å²) in [4.78, 5) is 2.00. The first-order valence-electron chi connectivity index (χ1n) is 6.74. The van der Waals surface area contributed by atoms with Crippen molar-refractivity contribution >= 4 is 72.8 Å². The summed E-state index contributed by atoms with van der Waals surface area (Å²) in [7, 11) is 0.164. The Morgan fingerprint density at radius 3 is 2.58 bits per heavy atom. The van der Waals surface area contributed by atoms with Gasteiger partial charge in [0.15, 0.2) is 0 Å². The number of halogens is 3. The van der Waals surface area contributed by atoms with Gasteiger partial charge in [-0.2, -0.15) is 0 Å². The molecule has 0 aliphatic heterocycles. The van der Waals surface area contributed by atoms with Crippen molar-refractivity contribution in [1.82, 2.24) is 4.90 Å². The maximum atomic E-state index is 12.4. The van der Waals surface area contributed by atoms with Gasteiger partial charge >= 0.3 is 0 Å². The van der Waals surface area contributed by atoms with Crippen LogP contribution in [0.25, 0.3) is 0 Å². The van der Waals surface area contributed by atoms with Crippen molar-refractivity contribution in [3.05, 3.63) is 37.2 Å². The number of nitrogens with zero attached hydrogens (tertiary/aromatic N) is 1. The Bertz CT molecular complexity index is 806. The average molecular weight is 521 g/mol. The zero-order valence-corrected chi connectivity index (χ0v) is 18.1. The summed E-state index contributed by atoms with van der Waals surface area (Å²) >= 11 is 14.7. The zero-order chi connectivity index (χ0) is 17.9. The molecule has 10 heteroatoms. The number of anilines is 1. The topological polar surface area (TPSA) is 58.6 Å². The number of thiophene rings is 1. The van der Waals surface area contributed by atoms with Crippen molar-refractivity contribution in [2.75, 3.05) is 32.0 Å². The third kappa shape index (κ3) is 5.37. The van der Waals surface area contributed by atoms with Crippen molar-refractivity contribution in [1.29, 1.82) is 0 Å². The molecule has 0 spiro atoms. The fraction of sp³-hybridized carbons (Fsp3) is 0.286. The molecule has 24 heavy (non-hydrogen) atoms. The van der Waals surface area contributed by atoms with Crippen LogP contribution in [0, 0.1) is 3.57 Å². The quantitative estimate of drug-likeness (QED) is 0.550. The van der Waals surface area contributed by atoms with Gasteiger partial charge in [0.25, 0.3) is 10.0 Å². The summed E-state index contributed by atoms with van der Waals surface area (Å²) in [5.41, 5.74) is 0.413. The molecule has 2 aromatic rings. The standard InChI is InChI=1S/C14H15Cl2IN2O3S2/c1-19(2)5-6-22-12-7-9(3-4-11(12)17)18-24(20,21)13-8-10(15)14(16)23-13/h3-4,7-8,18H,5-6H2,1-2H3. The Balaban J connectivity index is 2.17.